The molecule has 1 aromatic rings. The number of pyridine rings is 1. The van der Waals surface area contributed by atoms with E-state index in [9.17, 15) is 9.59 Å². The number of nitrogens with one attached hydrogen (secondary N) is 1. The summed E-state index contributed by atoms with van der Waals surface area (Å²) in [5.74, 6) is 0.0419. The number of hydrogen-bond acceptors (Lipinski definition) is 4. The van der Waals surface area contributed by atoms with E-state index >= 15 is 0 Å². The second kappa shape index (κ2) is 8.29. The fourth-order valence-corrected chi connectivity index (χ4v) is 2.33. The molecule has 1 aliphatic heterocycles. The number of hydrogen-bond donors (Lipinski definition) is 1. The van der Waals surface area contributed by atoms with Gasteiger partial charge in [-0.1, -0.05) is 6.07 Å². The summed E-state index contributed by atoms with van der Waals surface area (Å²) in [5.41, 5.74) is 0.908. The first-order valence-electron chi connectivity index (χ1n) is 7.55. The minimum absolute atomic E-state index is 0.00140. The Morgan fingerprint density at radius 2 is 2.09 bits per heavy atom. The van der Waals surface area contributed by atoms with Crippen molar-refractivity contribution < 1.29 is 9.59 Å². The number of nitrogens with zero attached hydrogens (tertiary/aromatic N) is 3. The zero-order valence-corrected chi connectivity index (χ0v) is 12.9. The van der Waals surface area contributed by atoms with Crippen LogP contribution in [-0.4, -0.2) is 65.9 Å². The number of likely N-dealkylation sites (N-methyl/N-ethyl adjacent to an activating group) is 1. The standard InChI is InChI=1S/C16H22N4O2/c1-2-18-15(21)13-19-8-10-20(11-9-19)16(22)6-5-14-4-3-7-17-12-14/h3-7,12H,2,8-11,13H2,1H3,(H,18,21)/b6-5+. The minimum atomic E-state index is 0.00140. The Bertz CT molecular complexity index is 522. The van der Waals surface area contributed by atoms with E-state index in [1.165, 1.54) is 0 Å². The van der Waals surface area contributed by atoms with E-state index in [-0.39, 0.29) is 11.8 Å². The highest BCUT2D eigenvalue weighted by Crippen LogP contribution is 2.04. The zero-order valence-electron chi connectivity index (χ0n) is 12.9. The van der Waals surface area contributed by atoms with Crippen molar-refractivity contribution in [1.29, 1.82) is 0 Å². The Hall–Kier alpha value is -2.21. The number of rotatable bonds is 5. The summed E-state index contributed by atoms with van der Waals surface area (Å²) in [6.07, 6.45) is 6.77. The molecule has 0 saturated carbocycles. The minimum Gasteiger partial charge on any atom is -0.355 e. The van der Waals surface area contributed by atoms with Crippen molar-refractivity contribution in [2.75, 3.05) is 39.3 Å². The fraction of sp³-hybridized carbons (Fsp3) is 0.438. The van der Waals surface area contributed by atoms with Gasteiger partial charge in [-0.25, -0.2) is 0 Å². The molecule has 1 aliphatic rings. The molecule has 1 N–H and O–H groups in total. The molecule has 0 bridgehead atoms. The monoisotopic (exact) mass is 302 g/mol. The molecule has 2 amide bonds. The molecular formula is C16H22N4O2. The van der Waals surface area contributed by atoms with Crippen LogP contribution in [0, 0.1) is 0 Å². The fourth-order valence-electron chi connectivity index (χ4n) is 2.33. The number of amides is 2. The molecule has 22 heavy (non-hydrogen) atoms. The topological polar surface area (TPSA) is 65.5 Å². The van der Waals surface area contributed by atoms with E-state index in [0.29, 0.717) is 26.2 Å². The predicted molar refractivity (Wildman–Crippen MR) is 85.0 cm³/mol. The van der Waals surface area contributed by atoms with Crippen molar-refractivity contribution in [2.24, 2.45) is 0 Å². The van der Waals surface area contributed by atoms with Crippen LogP contribution in [0.2, 0.25) is 0 Å². The number of piperazine rings is 1. The van der Waals surface area contributed by atoms with Crippen molar-refractivity contribution in [2.45, 2.75) is 6.92 Å². The first-order chi connectivity index (χ1) is 10.7. The lowest BCUT2D eigenvalue weighted by Gasteiger charge is -2.33. The summed E-state index contributed by atoms with van der Waals surface area (Å²) < 4.78 is 0. The van der Waals surface area contributed by atoms with Crippen molar-refractivity contribution in [3.63, 3.8) is 0 Å². The molecule has 118 valence electrons. The largest absolute Gasteiger partial charge is 0.355 e. The van der Waals surface area contributed by atoms with E-state index in [2.05, 4.69) is 15.2 Å². The molecule has 1 aromatic heterocycles. The van der Waals surface area contributed by atoms with Gasteiger partial charge in [0.2, 0.25) is 11.8 Å². The number of carbonyl (C=O) groups is 2. The van der Waals surface area contributed by atoms with Crippen LogP contribution < -0.4 is 5.32 Å². The van der Waals surface area contributed by atoms with Crippen LogP contribution in [0.25, 0.3) is 6.08 Å². The van der Waals surface area contributed by atoms with E-state index in [1.54, 1.807) is 29.4 Å². The summed E-state index contributed by atoms with van der Waals surface area (Å²) in [5, 5.41) is 2.79. The van der Waals surface area contributed by atoms with Gasteiger partial charge in [-0.15, -0.1) is 0 Å². The molecule has 6 heteroatoms. The molecule has 0 aromatic carbocycles. The van der Waals surface area contributed by atoms with Crippen LogP contribution in [0.15, 0.2) is 30.6 Å². The molecule has 1 fully saturated rings. The van der Waals surface area contributed by atoms with Gasteiger partial charge in [-0.2, -0.15) is 0 Å². The van der Waals surface area contributed by atoms with Crippen LogP contribution in [0.5, 0.6) is 0 Å². The van der Waals surface area contributed by atoms with Gasteiger partial charge in [-0.05, 0) is 24.6 Å². The highest BCUT2D eigenvalue weighted by atomic mass is 16.2. The van der Waals surface area contributed by atoms with Crippen LogP contribution in [-0.2, 0) is 9.59 Å². The van der Waals surface area contributed by atoms with Crippen molar-refractivity contribution >= 4 is 17.9 Å². The van der Waals surface area contributed by atoms with Gasteiger partial charge < -0.3 is 10.2 Å². The van der Waals surface area contributed by atoms with Crippen molar-refractivity contribution in [3.05, 3.63) is 36.2 Å². The maximum Gasteiger partial charge on any atom is 0.246 e. The SMILES string of the molecule is CCNC(=O)CN1CCN(C(=O)/C=C/c2cccnc2)CC1. The van der Waals surface area contributed by atoms with Gasteiger partial charge in [0.25, 0.3) is 0 Å². The van der Waals surface area contributed by atoms with Crippen LogP contribution in [0.1, 0.15) is 12.5 Å². The van der Waals surface area contributed by atoms with Gasteiger partial charge in [0.05, 0.1) is 6.54 Å². The Morgan fingerprint density at radius 1 is 1.32 bits per heavy atom. The van der Waals surface area contributed by atoms with Gasteiger partial charge >= 0.3 is 0 Å². The molecule has 0 atom stereocenters. The maximum atomic E-state index is 12.1. The third kappa shape index (κ3) is 4.96. The van der Waals surface area contributed by atoms with E-state index in [0.717, 1.165) is 18.7 Å². The number of carbonyl (C=O) groups excluding carboxylic acids is 2. The average molecular weight is 302 g/mol. The Balaban J connectivity index is 1.77. The second-order valence-corrected chi connectivity index (χ2v) is 5.17. The Morgan fingerprint density at radius 3 is 2.73 bits per heavy atom. The van der Waals surface area contributed by atoms with Gasteiger partial charge in [0, 0.05) is 51.2 Å². The maximum absolute atomic E-state index is 12.1. The van der Waals surface area contributed by atoms with Gasteiger partial charge in [-0.3, -0.25) is 19.5 Å². The molecule has 0 radical (unpaired) electrons. The van der Waals surface area contributed by atoms with Crippen molar-refractivity contribution in [3.8, 4) is 0 Å². The Labute approximate surface area is 130 Å². The molecule has 2 heterocycles. The van der Waals surface area contributed by atoms with Gasteiger partial charge in [0.1, 0.15) is 0 Å². The Kier molecular flexibility index (Phi) is 6.09. The van der Waals surface area contributed by atoms with Crippen molar-refractivity contribution in [1.82, 2.24) is 20.1 Å². The molecule has 0 unspecified atom stereocenters. The molecular weight excluding hydrogens is 280 g/mol. The average Bonchev–Trinajstić information content (AvgIpc) is 2.54. The van der Waals surface area contributed by atoms with Crippen LogP contribution in [0.4, 0.5) is 0 Å². The van der Waals surface area contributed by atoms with E-state index in [4.69, 9.17) is 0 Å². The summed E-state index contributed by atoms with van der Waals surface area (Å²) in [6.45, 7) is 5.71. The summed E-state index contributed by atoms with van der Waals surface area (Å²) in [4.78, 5) is 31.5. The predicted octanol–water partition coefficient (Wildman–Crippen LogP) is 0.375. The molecule has 1 saturated heterocycles. The third-order valence-electron chi connectivity index (χ3n) is 3.53. The van der Waals surface area contributed by atoms with Crippen LogP contribution in [0.3, 0.4) is 0 Å². The summed E-state index contributed by atoms with van der Waals surface area (Å²) in [7, 11) is 0. The molecule has 6 nitrogen and oxygen atoms in total. The second-order valence-electron chi connectivity index (χ2n) is 5.17. The van der Waals surface area contributed by atoms with Gasteiger partial charge in [0.15, 0.2) is 0 Å². The smallest absolute Gasteiger partial charge is 0.246 e. The van der Waals surface area contributed by atoms with E-state index in [1.807, 2.05) is 19.1 Å². The van der Waals surface area contributed by atoms with E-state index < -0.39 is 0 Å². The normalized spacial score (nSPS) is 16.0. The summed E-state index contributed by atoms with van der Waals surface area (Å²) >= 11 is 0. The van der Waals surface area contributed by atoms with Crippen LogP contribution >= 0.6 is 0 Å². The third-order valence-corrected chi connectivity index (χ3v) is 3.53. The first-order valence-corrected chi connectivity index (χ1v) is 7.55. The highest BCUT2D eigenvalue weighted by molar-refractivity contribution is 5.91. The highest BCUT2D eigenvalue weighted by Gasteiger charge is 2.20. The number of aromatic nitrogens is 1. The molecule has 0 spiro atoms. The lowest BCUT2D eigenvalue weighted by atomic mass is 10.2. The zero-order chi connectivity index (χ0) is 15.8. The molecule has 2 rings (SSSR count). The first kappa shape index (κ1) is 16.2. The lowest BCUT2D eigenvalue weighted by Crippen LogP contribution is -2.50. The quantitative estimate of drug-likeness (QED) is 0.798. The molecule has 0 aliphatic carbocycles. The summed E-state index contributed by atoms with van der Waals surface area (Å²) in [6, 6.07) is 3.74. The lowest BCUT2D eigenvalue weighted by molar-refractivity contribution is -0.128.